The van der Waals surface area contributed by atoms with Crippen LogP contribution in [0.15, 0.2) is 21.1 Å². The molecule has 0 saturated heterocycles. The number of halogens is 2. The number of hydrogen-bond acceptors (Lipinski definition) is 2. The number of nitriles is 1. The maximum absolute atomic E-state index is 8.52. The van der Waals surface area contributed by atoms with Crippen molar-refractivity contribution < 1.29 is 0 Å². The van der Waals surface area contributed by atoms with Crippen molar-refractivity contribution in [2.45, 2.75) is 6.42 Å². The molecule has 2 nitrogen and oxygen atoms in total. The van der Waals surface area contributed by atoms with Gasteiger partial charge in [0.25, 0.3) is 0 Å². The maximum atomic E-state index is 8.52. The number of anilines is 1. The van der Waals surface area contributed by atoms with Crippen molar-refractivity contribution in [1.29, 1.82) is 5.26 Å². The summed E-state index contributed by atoms with van der Waals surface area (Å²) in [5.74, 6) is 0. The fraction of sp³-hybridized carbons (Fsp3) is 0.125. The summed E-state index contributed by atoms with van der Waals surface area (Å²) in [6.45, 7) is 0. The Morgan fingerprint density at radius 3 is 2.67 bits per heavy atom. The van der Waals surface area contributed by atoms with Crippen molar-refractivity contribution in [2.24, 2.45) is 0 Å². The van der Waals surface area contributed by atoms with Crippen LogP contribution in [-0.4, -0.2) is 0 Å². The van der Waals surface area contributed by atoms with Crippen molar-refractivity contribution in [3.05, 3.63) is 26.6 Å². The monoisotopic (exact) mass is 288 g/mol. The third-order valence-electron chi connectivity index (χ3n) is 1.49. The minimum absolute atomic E-state index is 0.325. The third kappa shape index (κ3) is 1.79. The van der Waals surface area contributed by atoms with Gasteiger partial charge in [-0.05, 0) is 44.0 Å². The molecule has 0 saturated carbocycles. The lowest BCUT2D eigenvalue weighted by Gasteiger charge is -2.05. The highest BCUT2D eigenvalue weighted by Gasteiger charge is 2.06. The quantitative estimate of drug-likeness (QED) is 0.808. The largest absolute Gasteiger partial charge is 0.398 e. The van der Waals surface area contributed by atoms with Crippen LogP contribution in [0.1, 0.15) is 5.56 Å². The SMILES string of the molecule is N#CCc1c(N)ccc(Br)c1Br. The zero-order valence-electron chi connectivity index (χ0n) is 6.14. The first-order valence-corrected chi connectivity index (χ1v) is 4.84. The molecule has 0 aliphatic heterocycles. The summed E-state index contributed by atoms with van der Waals surface area (Å²) in [4.78, 5) is 0. The molecule has 2 N–H and O–H groups in total. The van der Waals surface area contributed by atoms with E-state index in [9.17, 15) is 0 Å². The highest BCUT2D eigenvalue weighted by molar-refractivity contribution is 9.13. The molecule has 1 rings (SSSR count). The highest BCUT2D eigenvalue weighted by atomic mass is 79.9. The molecule has 62 valence electrons. The average molecular weight is 290 g/mol. The van der Waals surface area contributed by atoms with Crippen molar-refractivity contribution in [1.82, 2.24) is 0 Å². The van der Waals surface area contributed by atoms with Crippen molar-refractivity contribution in [3.63, 3.8) is 0 Å². The van der Waals surface area contributed by atoms with E-state index in [1.54, 1.807) is 6.07 Å². The van der Waals surface area contributed by atoms with Crippen molar-refractivity contribution in [2.75, 3.05) is 5.73 Å². The van der Waals surface area contributed by atoms with E-state index in [1.165, 1.54) is 0 Å². The second kappa shape index (κ2) is 3.92. The van der Waals surface area contributed by atoms with Gasteiger partial charge in [0.05, 0.1) is 12.5 Å². The van der Waals surface area contributed by atoms with E-state index >= 15 is 0 Å². The zero-order chi connectivity index (χ0) is 9.14. The zero-order valence-corrected chi connectivity index (χ0v) is 9.31. The van der Waals surface area contributed by atoms with E-state index in [2.05, 4.69) is 37.9 Å². The molecular formula is C8H6Br2N2. The number of nitrogens with two attached hydrogens (primary N) is 1. The van der Waals surface area contributed by atoms with Gasteiger partial charge in [-0.15, -0.1) is 0 Å². The molecule has 0 heterocycles. The lowest BCUT2D eigenvalue weighted by molar-refractivity contribution is 1.24. The standard InChI is InChI=1S/C8H6Br2N2/c9-6-1-2-7(12)5(3-4-11)8(6)10/h1-2H,3,12H2. The molecule has 0 bridgehead atoms. The molecule has 1 aromatic rings. The first kappa shape index (κ1) is 9.56. The van der Waals surface area contributed by atoms with Crippen LogP contribution in [0.2, 0.25) is 0 Å². The summed E-state index contributed by atoms with van der Waals surface area (Å²) >= 11 is 6.69. The highest BCUT2D eigenvalue weighted by Crippen LogP contribution is 2.30. The normalized spacial score (nSPS) is 9.42. The second-order valence-electron chi connectivity index (χ2n) is 2.26. The number of nitrogen functional groups attached to an aromatic ring is 1. The average Bonchev–Trinajstić information content (AvgIpc) is 2.06. The topological polar surface area (TPSA) is 49.8 Å². The van der Waals surface area contributed by atoms with Gasteiger partial charge in [0.1, 0.15) is 0 Å². The van der Waals surface area contributed by atoms with E-state index in [4.69, 9.17) is 11.0 Å². The van der Waals surface area contributed by atoms with Crippen LogP contribution in [0.5, 0.6) is 0 Å². The molecule has 0 unspecified atom stereocenters. The van der Waals surface area contributed by atoms with Crippen molar-refractivity contribution >= 4 is 37.5 Å². The summed E-state index contributed by atoms with van der Waals surface area (Å²) in [6.07, 6.45) is 0.325. The third-order valence-corrected chi connectivity index (χ3v) is 3.59. The molecule has 12 heavy (non-hydrogen) atoms. The van der Waals surface area contributed by atoms with Gasteiger partial charge in [-0.3, -0.25) is 0 Å². The van der Waals surface area contributed by atoms with Gasteiger partial charge >= 0.3 is 0 Å². The van der Waals surface area contributed by atoms with Crippen LogP contribution < -0.4 is 5.73 Å². The van der Waals surface area contributed by atoms with E-state index in [1.807, 2.05) is 6.07 Å². The molecule has 0 atom stereocenters. The summed E-state index contributed by atoms with van der Waals surface area (Å²) in [6, 6.07) is 5.69. The molecule has 0 radical (unpaired) electrons. The molecule has 0 fully saturated rings. The van der Waals surface area contributed by atoms with Crippen LogP contribution in [0, 0.1) is 11.3 Å². The molecule has 1 aromatic carbocycles. The Morgan fingerprint density at radius 1 is 1.42 bits per heavy atom. The Hall–Kier alpha value is -0.530. The summed E-state index contributed by atoms with van der Waals surface area (Å²) in [7, 11) is 0. The molecule has 0 aliphatic rings. The Labute approximate surface area is 87.6 Å². The number of benzene rings is 1. The van der Waals surface area contributed by atoms with Crippen LogP contribution in [0.25, 0.3) is 0 Å². The summed E-state index contributed by atoms with van der Waals surface area (Å²) in [5, 5.41) is 8.52. The van der Waals surface area contributed by atoms with Gasteiger partial charge in [0, 0.05) is 20.2 Å². The Morgan fingerprint density at radius 2 is 2.08 bits per heavy atom. The first-order chi connectivity index (χ1) is 5.66. The van der Waals surface area contributed by atoms with Gasteiger partial charge in [-0.2, -0.15) is 5.26 Å². The van der Waals surface area contributed by atoms with Crippen LogP contribution in [-0.2, 0) is 6.42 Å². The number of nitrogens with zero attached hydrogens (tertiary/aromatic N) is 1. The Bertz CT molecular complexity index is 342. The molecule has 4 heteroatoms. The van der Waals surface area contributed by atoms with Gasteiger partial charge in [-0.25, -0.2) is 0 Å². The molecule has 0 spiro atoms. The summed E-state index contributed by atoms with van der Waals surface area (Å²) in [5.41, 5.74) is 7.16. The van der Waals surface area contributed by atoms with E-state index in [-0.39, 0.29) is 0 Å². The molecule has 0 aromatic heterocycles. The maximum Gasteiger partial charge on any atom is 0.0670 e. The molecule has 0 amide bonds. The lowest BCUT2D eigenvalue weighted by atomic mass is 10.1. The minimum Gasteiger partial charge on any atom is -0.398 e. The Balaban J connectivity index is 3.25. The second-order valence-corrected chi connectivity index (χ2v) is 3.91. The van der Waals surface area contributed by atoms with E-state index in [0.717, 1.165) is 14.5 Å². The molecule has 0 aliphatic carbocycles. The molecular weight excluding hydrogens is 284 g/mol. The predicted octanol–water partition coefficient (Wildman–Crippen LogP) is 2.86. The number of hydrogen-bond donors (Lipinski definition) is 1. The predicted molar refractivity (Wildman–Crippen MR) is 55.6 cm³/mol. The fourth-order valence-electron chi connectivity index (χ4n) is 0.866. The van der Waals surface area contributed by atoms with Gasteiger partial charge < -0.3 is 5.73 Å². The first-order valence-electron chi connectivity index (χ1n) is 3.26. The number of rotatable bonds is 1. The van der Waals surface area contributed by atoms with Crippen LogP contribution in [0.3, 0.4) is 0 Å². The van der Waals surface area contributed by atoms with Crippen LogP contribution in [0.4, 0.5) is 5.69 Å². The Kier molecular flexibility index (Phi) is 3.12. The van der Waals surface area contributed by atoms with Gasteiger partial charge in [-0.1, -0.05) is 0 Å². The van der Waals surface area contributed by atoms with Gasteiger partial charge in [0.15, 0.2) is 0 Å². The summed E-state index contributed by atoms with van der Waals surface area (Å²) < 4.78 is 1.78. The van der Waals surface area contributed by atoms with Gasteiger partial charge in [0.2, 0.25) is 0 Å². The van der Waals surface area contributed by atoms with E-state index < -0.39 is 0 Å². The minimum atomic E-state index is 0.325. The smallest absolute Gasteiger partial charge is 0.0670 e. The lowest BCUT2D eigenvalue weighted by Crippen LogP contribution is -1.94. The van der Waals surface area contributed by atoms with Crippen molar-refractivity contribution in [3.8, 4) is 6.07 Å². The fourth-order valence-corrected chi connectivity index (χ4v) is 1.74. The van der Waals surface area contributed by atoms with Crippen LogP contribution >= 0.6 is 31.9 Å². The van der Waals surface area contributed by atoms with E-state index in [0.29, 0.717) is 12.1 Å².